The summed E-state index contributed by atoms with van der Waals surface area (Å²) in [5, 5.41) is 5.38. The Kier molecular flexibility index (Phi) is 5.60. The van der Waals surface area contributed by atoms with Crippen LogP contribution in [0.4, 0.5) is 4.39 Å². The number of hydrogen-bond donors (Lipinski definition) is 1. The maximum Gasteiger partial charge on any atom is 0.238 e. The predicted molar refractivity (Wildman–Crippen MR) is 105 cm³/mol. The number of aryl methyl sites for hydroxylation is 1. The first-order valence-corrected chi connectivity index (χ1v) is 10.3. The van der Waals surface area contributed by atoms with Crippen LogP contribution in [0.25, 0.3) is 22.4 Å². The Morgan fingerprint density at radius 2 is 1.85 bits per heavy atom. The van der Waals surface area contributed by atoms with Gasteiger partial charge in [-0.15, -0.1) is 0 Å². The molecule has 0 aliphatic carbocycles. The average Bonchev–Trinajstić information content (AvgIpc) is 2.64. The fraction of sp³-hybridized carbons (Fsp3) is 0.150. The van der Waals surface area contributed by atoms with E-state index in [1.54, 1.807) is 30.5 Å². The molecule has 3 rings (SSSR count). The zero-order chi connectivity index (χ0) is 19.6. The number of nitrogens with two attached hydrogens (primary N) is 1. The molecule has 1 heterocycles. The van der Waals surface area contributed by atoms with Crippen molar-refractivity contribution < 1.29 is 12.8 Å². The molecule has 4 nitrogen and oxygen atoms in total. The zero-order valence-electron chi connectivity index (χ0n) is 14.6. The highest BCUT2D eigenvalue weighted by molar-refractivity contribution is 7.89. The third-order valence-corrected chi connectivity index (χ3v) is 5.42. The monoisotopic (exact) mass is 404 g/mol. The van der Waals surface area contributed by atoms with Gasteiger partial charge in [-0.25, -0.2) is 17.9 Å². The second-order valence-corrected chi connectivity index (χ2v) is 8.10. The van der Waals surface area contributed by atoms with Gasteiger partial charge in [0.25, 0.3) is 0 Å². The molecule has 0 aliphatic rings. The maximum atomic E-state index is 13.6. The van der Waals surface area contributed by atoms with Crippen molar-refractivity contribution in [2.45, 2.75) is 24.7 Å². The minimum atomic E-state index is -3.93. The Labute approximate surface area is 162 Å². The Morgan fingerprint density at radius 1 is 1.11 bits per heavy atom. The smallest absolute Gasteiger partial charge is 0.238 e. The molecule has 0 saturated heterocycles. The number of primary sulfonamides is 1. The Hall–Kier alpha value is -2.28. The van der Waals surface area contributed by atoms with Crippen LogP contribution in [0, 0.1) is 5.82 Å². The van der Waals surface area contributed by atoms with Crippen molar-refractivity contribution in [3.05, 3.63) is 71.1 Å². The zero-order valence-corrected chi connectivity index (χ0v) is 16.2. The molecule has 2 aromatic carbocycles. The van der Waals surface area contributed by atoms with Gasteiger partial charge in [0.1, 0.15) is 5.82 Å². The molecule has 140 valence electrons. The van der Waals surface area contributed by atoms with Crippen LogP contribution < -0.4 is 5.14 Å². The summed E-state index contributed by atoms with van der Waals surface area (Å²) in [5.74, 6) is -0.533. The van der Waals surface area contributed by atoms with Gasteiger partial charge in [0.2, 0.25) is 10.0 Å². The fourth-order valence-electron chi connectivity index (χ4n) is 2.95. The molecule has 27 heavy (non-hydrogen) atoms. The lowest BCUT2D eigenvalue weighted by Crippen LogP contribution is -2.13. The third kappa shape index (κ3) is 4.18. The molecule has 2 N–H and O–H groups in total. The SMILES string of the molecule is CCCc1cnc(-c2ccc(F)c(Cl)c2)c(-c2ccccc2S(N)(=O)=O)c1. The minimum absolute atomic E-state index is 0.00917. The summed E-state index contributed by atoms with van der Waals surface area (Å²) in [6.45, 7) is 2.05. The summed E-state index contributed by atoms with van der Waals surface area (Å²) in [7, 11) is -3.93. The van der Waals surface area contributed by atoms with Crippen LogP contribution >= 0.6 is 11.6 Å². The van der Waals surface area contributed by atoms with E-state index in [9.17, 15) is 12.8 Å². The Bertz CT molecular complexity index is 1100. The van der Waals surface area contributed by atoms with Crippen LogP contribution in [0.2, 0.25) is 5.02 Å². The lowest BCUT2D eigenvalue weighted by molar-refractivity contribution is 0.598. The number of hydrogen-bond acceptors (Lipinski definition) is 3. The summed E-state index contributed by atoms with van der Waals surface area (Å²) >= 11 is 5.93. The highest BCUT2D eigenvalue weighted by Gasteiger charge is 2.19. The summed E-state index contributed by atoms with van der Waals surface area (Å²) < 4.78 is 37.7. The van der Waals surface area contributed by atoms with E-state index in [1.165, 1.54) is 18.2 Å². The minimum Gasteiger partial charge on any atom is -0.255 e. The second kappa shape index (κ2) is 7.76. The number of benzene rings is 2. The van der Waals surface area contributed by atoms with E-state index >= 15 is 0 Å². The van der Waals surface area contributed by atoms with Crippen LogP contribution in [0.15, 0.2) is 59.6 Å². The largest absolute Gasteiger partial charge is 0.255 e. The molecule has 0 fully saturated rings. The molecule has 3 aromatic rings. The van der Waals surface area contributed by atoms with E-state index in [2.05, 4.69) is 4.98 Å². The molecule has 0 bridgehead atoms. The number of rotatable bonds is 5. The van der Waals surface area contributed by atoms with Crippen molar-refractivity contribution in [1.29, 1.82) is 0 Å². The average molecular weight is 405 g/mol. The van der Waals surface area contributed by atoms with Gasteiger partial charge in [0.15, 0.2) is 0 Å². The van der Waals surface area contributed by atoms with E-state index in [0.29, 0.717) is 22.4 Å². The van der Waals surface area contributed by atoms with Gasteiger partial charge >= 0.3 is 0 Å². The normalized spacial score (nSPS) is 11.6. The van der Waals surface area contributed by atoms with Crippen molar-refractivity contribution in [3.63, 3.8) is 0 Å². The van der Waals surface area contributed by atoms with Crippen LogP contribution in [0.3, 0.4) is 0 Å². The molecule has 0 atom stereocenters. The van der Waals surface area contributed by atoms with Gasteiger partial charge in [0.05, 0.1) is 15.6 Å². The molecule has 0 radical (unpaired) electrons. The molecule has 0 spiro atoms. The van der Waals surface area contributed by atoms with Crippen LogP contribution in [0.1, 0.15) is 18.9 Å². The number of nitrogens with zero attached hydrogens (tertiary/aromatic N) is 1. The molecule has 7 heteroatoms. The van der Waals surface area contributed by atoms with Crippen molar-refractivity contribution >= 4 is 21.6 Å². The number of pyridine rings is 1. The first-order chi connectivity index (χ1) is 12.8. The first-order valence-electron chi connectivity index (χ1n) is 8.37. The van der Waals surface area contributed by atoms with Crippen molar-refractivity contribution in [2.75, 3.05) is 0 Å². The number of aromatic nitrogens is 1. The lowest BCUT2D eigenvalue weighted by atomic mass is 9.97. The molecule has 0 unspecified atom stereocenters. The first kappa shape index (κ1) is 19.5. The third-order valence-electron chi connectivity index (χ3n) is 4.16. The topological polar surface area (TPSA) is 73.0 Å². The van der Waals surface area contributed by atoms with Crippen molar-refractivity contribution in [2.24, 2.45) is 5.14 Å². The highest BCUT2D eigenvalue weighted by atomic mass is 35.5. The van der Waals surface area contributed by atoms with Crippen LogP contribution in [-0.4, -0.2) is 13.4 Å². The van der Waals surface area contributed by atoms with Crippen LogP contribution in [0.5, 0.6) is 0 Å². The molecule has 0 aliphatic heterocycles. The molecular weight excluding hydrogens is 387 g/mol. The van der Waals surface area contributed by atoms with Gasteiger partial charge in [-0.3, -0.25) is 4.98 Å². The Balaban J connectivity index is 2.31. The van der Waals surface area contributed by atoms with Crippen molar-refractivity contribution in [3.8, 4) is 22.4 Å². The molecule has 0 amide bonds. The summed E-state index contributed by atoms with van der Waals surface area (Å²) in [4.78, 5) is 4.53. The highest BCUT2D eigenvalue weighted by Crippen LogP contribution is 2.36. The van der Waals surface area contributed by atoms with E-state index < -0.39 is 15.8 Å². The quantitative estimate of drug-likeness (QED) is 0.663. The van der Waals surface area contributed by atoms with E-state index in [1.807, 2.05) is 13.0 Å². The van der Waals surface area contributed by atoms with E-state index in [0.717, 1.165) is 18.4 Å². The summed E-state index contributed by atoms with van der Waals surface area (Å²) in [5.41, 5.74) is 3.11. The predicted octanol–water partition coefficient (Wildman–Crippen LogP) is 4.81. The van der Waals surface area contributed by atoms with Crippen LogP contribution in [-0.2, 0) is 16.4 Å². The van der Waals surface area contributed by atoms with Gasteiger partial charge in [-0.05, 0) is 42.3 Å². The molecule has 0 saturated carbocycles. The number of sulfonamides is 1. The standard InChI is InChI=1S/C20H18ClFN2O2S/c1-2-5-13-10-16(15-6-3-4-7-19(15)27(23,25)26)20(24-12-13)14-8-9-18(22)17(21)11-14/h3-4,6-12H,2,5H2,1H3,(H2,23,25,26). The van der Waals surface area contributed by atoms with Gasteiger partial charge < -0.3 is 0 Å². The van der Waals surface area contributed by atoms with E-state index in [-0.39, 0.29) is 9.92 Å². The maximum absolute atomic E-state index is 13.6. The molecule has 1 aromatic heterocycles. The summed E-state index contributed by atoms with van der Waals surface area (Å²) in [6.07, 6.45) is 3.45. The van der Waals surface area contributed by atoms with E-state index in [4.69, 9.17) is 16.7 Å². The second-order valence-electron chi connectivity index (χ2n) is 6.16. The fourth-order valence-corrected chi connectivity index (χ4v) is 3.88. The summed E-state index contributed by atoms with van der Waals surface area (Å²) in [6, 6.07) is 12.7. The lowest BCUT2D eigenvalue weighted by Gasteiger charge is -2.14. The van der Waals surface area contributed by atoms with Gasteiger partial charge in [-0.2, -0.15) is 0 Å². The number of halogens is 2. The Morgan fingerprint density at radius 3 is 2.52 bits per heavy atom. The van der Waals surface area contributed by atoms with Gasteiger partial charge in [-0.1, -0.05) is 43.1 Å². The van der Waals surface area contributed by atoms with Crippen molar-refractivity contribution in [1.82, 2.24) is 4.98 Å². The van der Waals surface area contributed by atoms with Gasteiger partial charge in [0, 0.05) is 22.9 Å². The molecular formula is C20H18ClFN2O2S.